The summed E-state index contributed by atoms with van der Waals surface area (Å²) in [5, 5.41) is 26.7. The zero-order valence-electron chi connectivity index (χ0n) is 7.84. The molecule has 7 heteroatoms. The number of hydrogen-bond acceptors (Lipinski definition) is 3. The van der Waals surface area contributed by atoms with Gasteiger partial charge in [-0.05, 0) is 6.42 Å². The predicted octanol–water partition coefficient (Wildman–Crippen LogP) is -0.230. The number of β-amino-alcohol motifs (C(OH)–C–C–N with tert-alkyl or cyclic N) is 1. The normalized spacial score (nSPS) is 31.3. The van der Waals surface area contributed by atoms with Crippen molar-refractivity contribution in [2.75, 3.05) is 13.2 Å². The fourth-order valence-corrected chi connectivity index (χ4v) is 1.70. The number of rotatable bonds is 2. The van der Waals surface area contributed by atoms with Crippen LogP contribution in [0.4, 0.5) is 9.18 Å². The van der Waals surface area contributed by atoms with E-state index in [2.05, 4.69) is 0 Å². The number of piperidine rings is 1. The third-order valence-electron chi connectivity index (χ3n) is 2.56. The van der Waals surface area contributed by atoms with E-state index in [1.54, 1.807) is 0 Å². The Morgan fingerprint density at radius 2 is 2.00 bits per heavy atom. The third-order valence-corrected chi connectivity index (χ3v) is 2.56. The fourth-order valence-electron chi connectivity index (χ4n) is 1.70. The van der Waals surface area contributed by atoms with Crippen LogP contribution in [0, 0.1) is 5.92 Å². The molecule has 6 nitrogen and oxygen atoms in total. The van der Waals surface area contributed by atoms with Gasteiger partial charge in [0.25, 0.3) is 0 Å². The molecular formula is C8H12FNO5. The molecule has 0 aliphatic carbocycles. The second kappa shape index (κ2) is 4.43. The number of carbonyl (C=O) groups is 2. The van der Waals surface area contributed by atoms with Crippen LogP contribution in [-0.4, -0.2) is 57.6 Å². The van der Waals surface area contributed by atoms with Crippen molar-refractivity contribution in [3.05, 3.63) is 0 Å². The van der Waals surface area contributed by atoms with E-state index in [1.165, 1.54) is 0 Å². The average Bonchev–Trinajstić information content (AvgIpc) is 2.16. The smallest absolute Gasteiger partial charge is 0.407 e. The van der Waals surface area contributed by atoms with E-state index in [0.29, 0.717) is 0 Å². The Bertz CT molecular complexity index is 272. The van der Waals surface area contributed by atoms with Crippen LogP contribution in [0.1, 0.15) is 6.42 Å². The van der Waals surface area contributed by atoms with E-state index >= 15 is 0 Å². The number of hydrogen-bond donors (Lipinski definition) is 3. The van der Waals surface area contributed by atoms with Gasteiger partial charge in [-0.2, -0.15) is 0 Å². The first kappa shape index (κ1) is 11.7. The molecule has 1 aliphatic heterocycles. The monoisotopic (exact) mass is 221 g/mol. The van der Waals surface area contributed by atoms with Gasteiger partial charge in [0.15, 0.2) is 0 Å². The first-order chi connectivity index (χ1) is 6.97. The van der Waals surface area contributed by atoms with Crippen molar-refractivity contribution in [1.29, 1.82) is 0 Å². The van der Waals surface area contributed by atoms with Gasteiger partial charge >= 0.3 is 12.1 Å². The number of likely N-dealkylation sites (tertiary alicyclic amines) is 1. The van der Waals surface area contributed by atoms with Crippen molar-refractivity contribution in [3.63, 3.8) is 0 Å². The molecular weight excluding hydrogens is 209 g/mol. The summed E-state index contributed by atoms with van der Waals surface area (Å²) in [5.41, 5.74) is 0. The molecule has 0 aromatic heterocycles. The molecule has 0 aromatic carbocycles. The summed E-state index contributed by atoms with van der Waals surface area (Å²) >= 11 is 0. The summed E-state index contributed by atoms with van der Waals surface area (Å²) in [5.74, 6) is -2.33. The number of aliphatic carboxylic acids is 1. The van der Waals surface area contributed by atoms with Crippen molar-refractivity contribution < 1.29 is 29.3 Å². The Hall–Kier alpha value is -1.37. The molecule has 2 unspecified atom stereocenters. The summed E-state index contributed by atoms with van der Waals surface area (Å²) in [4.78, 5) is 22.0. The number of carboxylic acids is 1. The van der Waals surface area contributed by atoms with E-state index in [-0.39, 0.29) is 13.0 Å². The molecule has 1 saturated heterocycles. The molecule has 1 aliphatic rings. The molecule has 0 saturated carbocycles. The highest BCUT2D eigenvalue weighted by Crippen LogP contribution is 2.24. The number of aliphatic hydroxyl groups excluding tert-OH is 1. The number of nitrogens with zero attached hydrogens (tertiary/aromatic N) is 1. The van der Waals surface area contributed by atoms with Crippen LogP contribution in [0.25, 0.3) is 0 Å². The maximum Gasteiger partial charge on any atom is 0.407 e. The lowest BCUT2D eigenvalue weighted by molar-refractivity contribution is -0.149. The minimum absolute atomic E-state index is 0.195. The van der Waals surface area contributed by atoms with Crippen LogP contribution >= 0.6 is 0 Å². The maximum absolute atomic E-state index is 12.5. The number of alkyl halides is 1. The third kappa shape index (κ3) is 2.35. The molecule has 1 fully saturated rings. The van der Waals surface area contributed by atoms with E-state index in [0.717, 1.165) is 4.90 Å². The molecule has 0 radical (unpaired) electrons. The first-order valence-electron chi connectivity index (χ1n) is 4.43. The Kier molecular flexibility index (Phi) is 3.46. The molecule has 3 N–H and O–H groups in total. The molecule has 86 valence electrons. The van der Waals surface area contributed by atoms with Crippen LogP contribution < -0.4 is 0 Å². The van der Waals surface area contributed by atoms with Gasteiger partial charge in [-0.3, -0.25) is 4.79 Å². The van der Waals surface area contributed by atoms with Crippen molar-refractivity contribution in [3.8, 4) is 0 Å². The quantitative estimate of drug-likeness (QED) is 0.598. The Labute approximate surface area is 84.9 Å². The average molecular weight is 221 g/mol. The highest BCUT2D eigenvalue weighted by molar-refractivity contribution is 5.72. The van der Waals surface area contributed by atoms with Gasteiger partial charge < -0.3 is 20.2 Å². The highest BCUT2D eigenvalue weighted by Gasteiger charge is 2.40. The summed E-state index contributed by atoms with van der Waals surface area (Å²) < 4.78 is 12.5. The van der Waals surface area contributed by atoms with Crippen LogP contribution in [0.2, 0.25) is 0 Å². The Balaban J connectivity index is 2.77. The fraction of sp³-hybridized carbons (Fsp3) is 0.750. The minimum atomic E-state index is -1.35. The van der Waals surface area contributed by atoms with Gasteiger partial charge in [0.1, 0.15) is 6.67 Å². The number of halogens is 1. The van der Waals surface area contributed by atoms with Gasteiger partial charge in [0.05, 0.1) is 24.6 Å². The largest absolute Gasteiger partial charge is 0.481 e. The van der Waals surface area contributed by atoms with Crippen LogP contribution in [-0.2, 0) is 4.79 Å². The lowest BCUT2D eigenvalue weighted by atomic mass is 9.89. The SMILES string of the molecule is O=C(O)C1C[C@@H](CF)N(C(=O)O)CC1O. The summed E-state index contributed by atoms with van der Waals surface area (Å²) in [7, 11) is 0. The van der Waals surface area contributed by atoms with Gasteiger partial charge in [0.2, 0.25) is 0 Å². The topological polar surface area (TPSA) is 98.1 Å². The molecule has 0 bridgehead atoms. The minimum Gasteiger partial charge on any atom is -0.481 e. The van der Waals surface area contributed by atoms with Crippen molar-refractivity contribution >= 4 is 12.1 Å². The summed E-state index contributed by atoms with van der Waals surface area (Å²) in [6, 6.07) is -0.980. The predicted molar refractivity (Wildman–Crippen MR) is 46.2 cm³/mol. The summed E-state index contributed by atoms with van der Waals surface area (Å²) in [6.07, 6.45) is -2.82. The van der Waals surface area contributed by atoms with Crippen LogP contribution in [0.3, 0.4) is 0 Å². The number of amides is 1. The van der Waals surface area contributed by atoms with E-state index in [1.807, 2.05) is 0 Å². The molecule has 0 aromatic rings. The molecule has 3 atom stereocenters. The van der Waals surface area contributed by atoms with Crippen LogP contribution in [0.5, 0.6) is 0 Å². The summed E-state index contributed by atoms with van der Waals surface area (Å²) in [6.45, 7) is -1.30. The second-order valence-corrected chi connectivity index (χ2v) is 3.49. The van der Waals surface area contributed by atoms with Crippen LogP contribution in [0.15, 0.2) is 0 Å². The zero-order chi connectivity index (χ0) is 11.6. The Morgan fingerprint density at radius 1 is 1.40 bits per heavy atom. The highest BCUT2D eigenvalue weighted by atomic mass is 19.1. The maximum atomic E-state index is 12.5. The molecule has 0 spiro atoms. The molecule has 1 rings (SSSR count). The number of carboxylic acid groups (broad SMARTS) is 2. The van der Waals surface area contributed by atoms with Gasteiger partial charge in [0, 0.05) is 0 Å². The first-order valence-corrected chi connectivity index (χ1v) is 4.43. The molecule has 15 heavy (non-hydrogen) atoms. The molecule has 1 heterocycles. The van der Waals surface area contributed by atoms with Crippen molar-refractivity contribution in [1.82, 2.24) is 4.90 Å². The van der Waals surface area contributed by atoms with Crippen molar-refractivity contribution in [2.24, 2.45) is 5.92 Å². The zero-order valence-corrected chi connectivity index (χ0v) is 7.84. The van der Waals surface area contributed by atoms with E-state index in [4.69, 9.17) is 10.2 Å². The second-order valence-electron chi connectivity index (χ2n) is 3.49. The molecule has 1 amide bonds. The van der Waals surface area contributed by atoms with Crippen molar-refractivity contribution in [2.45, 2.75) is 18.6 Å². The van der Waals surface area contributed by atoms with E-state index in [9.17, 15) is 19.1 Å². The van der Waals surface area contributed by atoms with Gasteiger partial charge in [-0.15, -0.1) is 0 Å². The van der Waals surface area contributed by atoms with Gasteiger partial charge in [-0.25, -0.2) is 9.18 Å². The van der Waals surface area contributed by atoms with E-state index < -0.39 is 36.8 Å². The number of aliphatic hydroxyl groups is 1. The van der Waals surface area contributed by atoms with Gasteiger partial charge in [-0.1, -0.05) is 0 Å². The Morgan fingerprint density at radius 3 is 2.40 bits per heavy atom. The lowest BCUT2D eigenvalue weighted by Gasteiger charge is -2.37. The lowest BCUT2D eigenvalue weighted by Crippen LogP contribution is -2.54. The standard InChI is InChI=1S/C8H12FNO5/c9-2-4-1-5(7(12)13)6(11)3-10(4)8(14)15/h4-6,11H,1-3H2,(H,12,13)(H,14,15)/t4-,5?,6?/m0/s1.